The Labute approximate surface area is 101 Å². The van der Waals surface area contributed by atoms with Gasteiger partial charge in [0.25, 0.3) is 0 Å². The van der Waals surface area contributed by atoms with E-state index in [1.54, 1.807) is 0 Å². The smallest absolute Gasteiger partial charge is 0.248 e. The molecular formula is C13H17N3O. The topological polar surface area (TPSA) is 51.0 Å². The average Bonchev–Trinajstić information content (AvgIpc) is 2.87. The number of aryl methyl sites for hydroxylation is 1. The minimum atomic E-state index is 0.0741. The first kappa shape index (κ1) is 11.8. The van der Waals surface area contributed by atoms with Crippen LogP contribution in [0.25, 0.3) is 11.5 Å². The molecular weight excluding hydrogens is 214 g/mol. The molecule has 1 heterocycles. The summed E-state index contributed by atoms with van der Waals surface area (Å²) in [5.41, 5.74) is 2.25. The van der Waals surface area contributed by atoms with Crippen LogP contribution in [0.4, 0.5) is 0 Å². The number of hydrogen-bond donors (Lipinski definition) is 1. The number of nitrogens with zero attached hydrogens (tertiary/aromatic N) is 2. The highest BCUT2D eigenvalue weighted by atomic mass is 16.4. The van der Waals surface area contributed by atoms with Crippen LogP contribution in [-0.4, -0.2) is 17.2 Å². The lowest BCUT2D eigenvalue weighted by atomic mass is 10.1. The van der Waals surface area contributed by atoms with Gasteiger partial charge in [0.1, 0.15) is 0 Å². The van der Waals surface area contributed by atoms with E-state index in [0.29, 0.717) is 11.8 Å². The molecule has 1 N–H and O–H groups in total. The molecule has 4 nitrogen and oxygen atoms in total. The molecule has 1 atom stereocenters. The molecule has 0 saturated heterocycles. The summed E-state index contributed by atoms with van der Waals surface area (Å²) >= 11 is 0. The molecule has 0 aliphatic heterocycles. The third-order valence-electron chi connectivity index (χ3n) is 2.87. The molecule has 2 rings (SSSR count). The number of hydrogen-bond acceptors (Lipinski definition) is 4. The van der Waals surface area contributed by atoms with Gasteiger partial charge in [0.05, 0.1) is 6.04 Å². The lowest BCUT2D eigenvalue weighted by Crippen LogP contribution is -2.12. The van der Waals surface area contributed by atoms with Gasteiger partial charge in [-0.05, 0) is 32.0 Å². The zero-order valence-electron chi connectivity index (χ0n) is 10.4. The molecule has 1 aromatic carbocycles. The van der Waals surface area contributed by atoms with Crippen LogP contribution < -0.4 is 5.32 Å². The van der Waals surface area contributed by atoms with Crippen LogP contribution in [0, 0.1) is 0 Å². The maximum atomic E-state index is 5.68. The summed E-state index contributed by atoms with van der Waals surface area (Å²) in [5.74, 6) is 1.22. The summed E-state index contributed by atoms with van der Waals surface area (Å²) in [6.45, 7) is 4.11. The van der Waals surface area contributed by atoms with E-state index >= 15 is 0 Å². The second-order valence-electron chi connectivity index (χ2n) is 3.97. The fourth-order valence-electron chi connectivity index (χ4n) is 1.68. The normalized spacial score (nSPS) is 12.6. The van der Waals surface area contributed by atoms with E-state index in [-0.39, 0.29) is 6.04 Å². The fourth-order valence-corrected chi connectivity index (χ4v) is 1.68. The van der Waals surface area contributed by atoms with Gasteiger partial charge in [0.2, 0.25) is 11.8 Å². The summed E-state index contributed by atoms with van der Waals surface area (Å²) in [6.07, 6.45) is 0.954. The van der Waals surface area contributed by atoms with Crippen molar-refractivity contribution in [1.82, 2.24) is 15.5 Å². The van der Waals surface area contributed by atoms with E-state index in [4.69, 9.17) is 4.42 Å². The van der Waals surface area contributed by atoms with Gasteiger partial charge in [-0.3, -0.25) is 0 Å². The minimum Gasteiger partial charge on any atom is -0.419 e. The molecule has 0 fully saturated rings. The van der Waals surface area contributed by atoms with Crippen LogP contribution in [0.2, 0.25) is 0 Å². The van der Waals surface area contributed by atoms with Crippen molar-refractivity contribution in [2.45, 2.75) is 26.3 Å². The summed E-state index contributed by atoms with van der Waals surface area (Å²) in [7, 11) is 1.87. The van der Waals surface area contributed by atoms with Crippen molar-refractivity contribution in [3.63, 3.8) is 0 Å². The quantitative estimate of drug-likeness (QED) is 0.878. The van der Waals surface area contributed by atoms with E-state index in [1.165, 1.54) is 5.56 Å². The predicted octanol–water partition coefficient (Wildman–Crippen LogP) is 2.58. The van der Waals surface area contributed by atoms with Crippen LogP contribution >= 0.6 is 0 Å². The summed E-state index contributed by atoms with van der Waals surface area (Å²) in [5, 5.41) is 11.2. The van der Waals surface area contributed by atoms with Crippen molar-refractivity contribution in [1.29, 1.82) is 0 Å². The van der Waals surface area contributed by atoms with E-state index in [9.17, 15) is 0 Å². The Balaban J connectivity index is 2.37. The molecule has 1 unspecified atom stereocenters. The van der Waals surface area contributed by atoms with Crippen molar-refractivity contribution in [2.24, 2.45) is 0 Å². The molecule has 0 amide bonds. The molecule has 0 aliphatic carbocycles. The van der Waals surface area contributed by atoms with Crippen LogP contribution in [0.15, 0.2) is 28.7 Å². The van der Waals surface area contributed by atoms with Crippen LogP contribution in [0.5, 0.6) is 0 Å². The molecule has 0 saturated carbocycles. The van der Waals surface area contributed by atoms with Gasteiger partial charge in [0.15, 0.2) is 0 Å². The Morgan fingerprint density at radius 1 is 1.29 bits per heavy atom. The van der Waals surface area contributed by atoms with Gasteiger partial charge >= 0.3 is 0 Å². The molecule has 2 aromatic rings. The van der Waals surface area contributed by atoms with Gasteiger partial charge in [-0.2, -0.15) is 0 Å². The summed E-state index contributed by atoms with van der Waals surface area (Å²) in [4.78, 5) is 0. The lowest BCUT2D eigenvalue weighted by molar-refractivity contribution is 0.441. The first-order valence-corrected chi connectivity index (χ1v) is 5.85. The SMILES string of the molecule is CCc1ccccc1-c1nnc(C(C)NC)o1. The monoisotopic (exact) mass is 231 g/mol. The molecule has 1 aromatic heterocycles. The van der Waals surface area contributed by atoms with Crippen molar-refractivity contribution in [3.8, 4) is 11.5 Å². The number of nitrogens with one attached hydrogen (secondary N) is 1. The third kappa shape index (κ3) is 2.36. The van der Waals surface area contributed by atoms with Crippen LogP contribution in [-0.2, 0) is 6.42 Å². The Morgan fingerprint density at radius 2 is 2.06 bits per heavy atom. The van der Waals surface area contributed by atoms with E-state index < -0.39 is 0 Å². The standard InChI is InChI=1S/C13H17N3O/c1-4-10-7-5-6-8-11(10)13-16-15-12(17-13)9(2)14-3/h5-9,14H,4H2,1-3H3. The molecule has 17 heavy (non-hydrogen) atoms. The maximum absolute atomic E-state index is 5.68. The van der Waals surface area contributed by atoms with Crippen molar-refractivity contribution in [2.75, 3.05) is 7.05 Å². The first-order chi connectivity index (χ1) is 8.26. The highest BCUT2D eigenvalue weighted by molar-refractivity contribution is 5.58. The third-order valence-corrected chi connectivity index (χ3v) is 2.87. The molecule has 90 valence electrons. The number of benzene rings is 1. The number of rotatable bonds is 4. The van der Waals surface area contributed by atoms with Gasteiger partial charge < -0.3 is 9.73 Å². The largest absolute Gasteiger partial charge is 0.419 e. The molecule has 0 bridgehead atoms. The Kier molecular flexibility index (Phi) is 3.54. The highest BCUT2D eigenvalue weighted by Crippen LogP contribution is 2.24. The summed E-state index contributed by atoms with van der Waals surface area (Å²) in [6, 6.07) is 8.18. The second-order valence-corrected chi connectivity index (χ2v) is 3.97. The average molecular weight is 231 g/mol. The first-order valence-electron chi connectivity index (χ1n) is 5.85. The Bertz CT molecular complexity index is 493. The van der Waals surface area contributed by atoms with Crippen molar-refractivity contribution in [3.05, 3.63) is 35.7 Å². The Morgan fingerprint density at radius 3 is 2.76 bits per heavy atom. The predicted molar refractivity (Wildman–Crippen MR) is 66.6 cm³/mol. The van der Waals surface area contributed by atoms with Crippen LogP contribution in [0.3, 0.4) is 0 Å². The number of aromatic nitrogens is 2. The Hall–Kier alpha value is -1.68. The van der Waals surface area contributed by atoms with Crippen molar-refractivity contribution >= 4 is 0 Å². The zero-order valence-corrected chi connectivity index (χ0v) is 10.4. The minimum absolute atomic E-state index is 0.0741. The fraction of sp³-hybridized carbons (Fsp3) is 0.385. The van der Waals surface area contributed by atoms with E-state index in [1.807, 2.05) is 32.2 Å². The zero-order chi connectivity index (χ0) is 12.3. The lowest BCUT2D eigenvalue weighted by Gasteiger charge is -2.04. The maximum Gasteiger partial charge on any atom is 0.248 e. The van der Waals surface area contributed by atoms with E-state index in [0.717, 1.165) is 12.0 Å². The molecule has 0 spiro atoms. The van der Waals surface area contributed by atoms with Gasteiger partial charge in [-0.25, -0.2) is 0 Å². The van der Waals surface area contributed by atoms with E-state index in [2.05, 4.69) is 28.5 Å². The molecule has 4 heteroatoms. The van der Waals surface area contributed by atoms with Gasteiger partial charge in [0, 0.05) is 5.56 Å². The van der Waals surface area contributed by atoms with Crippen molar-refractivity contribution < 1.29 is 4.42 Å². The summed E-state index contributed by atoms with van der Waals surface area (Å²) < 4.78 is 5.68. The molecule has 0 aliphatic rings. The second kappa shape index (κ2) is 5.10. The molecule has 0 radical (unpaired) electrons. The van der Waals surface area contributed by atoms with Crippen LogP contribution in [0.1, 0.15) is 31.3 Å². The van der Waals surface area contributed by atoms with Gasteiger partial charge in [-0.1, -0.05) is 25.1 Å². The van der Waals surface area contributed by atoms with Gasteiger partial charge in [-0.15, -0.1) is 10.2 Å². The highest BCUT2D eigenvalue weighted by Gasteiger charge is 2.14.